The SMILES string of the molecule is CCC(CC)(CN)C(=O)NC(C)c1ccc(NC(=O)NC2CC2)cc1.Cl. The first-order valence-corrected chi connectivity index (χ1v) is 9.12. The molecule has 146 valence electrons. The summed E-state index contributed by atoms with van der Waals surface area (Å²) in [7, 11) is 0. The molecule has 26 heavy (non-hydrogen) atoms. The largest absolute Gasteiger partial charge is 0.349 e. The van der Waals surface area contributed by atoms with Crippen molar-refractivity contribution >= 4 is 30.0 Å². The number of nitrogens with one attached hydrogen (secondary N) is 3. The minimum absolute atomic E-state index is 0. The van der Waals surface area contributed by atoms with Gasteiger partial charge in [-0.2, -0.15) is 0 Å². The number of amides is 3. The van der Waals surface area contributed by atoms with E-state index in [4.69, 9.17) is 5.73 Å². The topological polar surface area (TPSA) is 96.2 Å². The smallest absolute Gasteiger partial charge is 0.319 e. The molecule has 1 aliphatic carbocycles. The van der Waals surface area contributed by atoms with Gasteiger partial charge >= 0.3 is 6.03 Å². The fourth-order valence-corrected chi connectivity index (χ4v) is 2.82. The van der Waals surface area contributed by atoms with Crippen molar-refractivity contribution in [1.82, 2.24) is 10.6 Å². The Morgan fingerprint density at radius 2 is 1.77 bits per heavy atom. The van der Waals surface area contributed by atoms with Gasteiger partial charge in [0.05, 0.1) is 11.5 Å². The molecule has 1 aliphatic rings. The summed E-state index contributed by atoms with van der Waals surface area (Å²) in [6, 6.07) is 7.57. The zero-order chi connectivity index (χ0) is 18.4. The lowest BCUT2D eigenvalue weighted by molar-refractivity contribution is -0.131. The first kappa shape index (κ1) is 22.3. The van der Waals surface area contributed by atoms with Crippen molar-refractivity contribution in [1.29, 1.82) is 0 Å². The fraction of sp³-hybridized carbons (Fsp3) is 0.579. The predicted molar refractivity (Wildman–Crippen MR) is 107 cm³/mol. The number of hydrogen-bond acceptors (Lipinski definition) is 3. The molecule has 1 unspecified atom stereocenters. The number of anilines is 1. The van der Waals surface area contributed by atoms with Crippen LogP contribution < -0.4 is 21.7 Å². The number of hydrogen-bond donors (Lipinski definition) is 4. The van der Waals surface area contributed by atoms with Gasteiger partial charge in [-0.15, -0.1) is 12.4 Å². The predicted octanol–water partition coefficient (Wildman–Crippen LogP) is 3.33. The van der Waals surface area contributed by atoms with Crippen LogP contribution in [0.1, 0.15) is 58.1 Å². The molecule has 5 N–H and O–H groups in total. The summed E-state index contributed by atoms with van der Waals surface area (Å²) in [6.45, 7) is 6.28. The maximum Gasteiger partial charge on any atom is 0.319 e. The second kappa shape index (κ2) is 9.78. The average molecular weight is 383 g/mol. The van der Waals surface area contributed by atoms with Gasteiger partial charge in [-0.1, -0.05) is 26.0 Å². The van der Waals surface area contributed by atoms with Gasteiger partial charge in [0.15, 0.2) is 0 Å². The van der Waals surface area contributed by atoms with Gasteiger partial charge in [0.1, 0.15) is 0 Å². The van der Waals surface area contributed by atoms with Gasteiger partial charge in [-0.05, 0) is 50.3 Å². The Labute approximate surface area is 162 Å². The van der Waals surface area contributed by atoms with Crippen molar-refractivity contribution in [2.45, 2.75) is 58.5 Å². The van der Waals surface area contributed by atoms with Crippen LogP contribution in [0.25, 0.3) is 0 Å². The minimum atomic E-state index is -0.503. The van der Waals surface area contributed by atoms with E-state index in [1.54, 1.807) is 0 Å². The Hall–Kier alpha value is -1.79. The third-order valence-corrected chi connectivity index (χ3v) is 5.15. The van der Waals surface area contributed by atoms with Gasteiger partial charge in [-0.3, -0.25) is 4.79 Å². The monoisotopic (exact) mass is 382 g/mol. The van der Waals surface area contributed by atoms with E-state index < -0.39 is 5.41 Å². The molecular formula is C19H31ClN4O2. The van der Waals surface area contributed by atoms with Crippen LogP contribution in [-0.2, 0) is 4.79 Å². The summed E-state index contributed by atoms with van der Waals surface area (Å²) >= 11 is 0. The lowest BCUT2D eigenvalue weighted by Gasteiger charge is -2.30. The molecule has 1 saturated carbocycles. The standard InChI is InChI=1S/C19H30N4O2.ClH/c1-4-19(5-2,12-20)17(24)21-13(3)14-6-8-15(9-7-14)22-18(25)23-16-10-11-16;/h6-9,13,16H,4-5,10-12,20H2,1-3H3,(H,21,24)(H2,22,23,25);1H. The van der Waals surface area contributed by atoms with Crippen LogP contribution in [0.5, 0.6) is 0 Å². The van der Waals surface area contributed by atoms with E-state index >= 15 is 0 Å². The third kappa shape index (κ3) is 5.61. The molecule has 0 aliphatic heterocycles. The van der Waals surface area contributed by atoms with E-state index in [9.17, 15) is 9.59 Å². The summed E-state index contributed by atoms with van der Waals surface area (Å²) in [5, 5.41) is 8.77. The number of carbonyl (C=O) groups excluding carboxylic acids is 2. The number of urea groups is 1. The highest BCUT2D eigenvalue weighted by atomic mass is 35.5. The van der Waals surface area contributed by atoms with E-state index in [1.807, 2.05) is 45.0 Å². The van der Waals surface area contributed by atoms with Gasteiger partial charge in [0.25, 0.3) is 0 Å². The van der Waals surface area contributed by atoms with Crippen molar-refractivity contribution < 1.29 is 9.59 Å². The molecule has 0 heterocycles. The van der Waals surface area contributed by atoms with Crippen molar-refractivity contribution in [3.05, 3.63) is 29.8 Å². The van der Waals surface area contributed by atoms with E-state index in [1.165, 1.54) is 0 Å². The highest BCUT2D eigenvalue weighted by Crippen LogP contribution is 2.27. The van der Waals surface area contributed by atoms with Crippen LogP contribution in [0.3, 0.4) is 0 Å². The second-order valence-corrected chi connectivity index (χ2v) is 6.88. The fourth-order valence-electron chi connectivity index (χ4n) is 2.82. The normalized spacial score (nSPS) is 14.8. The van der Waals surface area contributed by atoms with Crippen molar-refractivity contribution in [3.8, 4) is 0 Å². The Balaban J connectivity index is 0.00000338. The second-order valence-electron chi connectivity index (χ2n) is 6.88. The van der Waals surface area contributed by atoms with E-state index in [2.05, 4.69) is 16.0 Å². The molecule has 0 saturated heterocycles. The summed E-state index contributed by atoms with van der Waals surface area (Å²) in [5.41, 5.74) is 7.06. The molecule has 1 aromatic rings. The first-order valence-electron chi connectivity index (χ1n) is 9.12. The van der Waals surface area contributed by atoms with Gasteiger partial charge in [-0.25, -0.2) is 4.79 Å². The van der Waals surface area contributed by atoms with Crippen molar-refractivity contribution in [3.63, 3.8) is 0 Å². The maximum atomic E-state index is 12.6. The molecule has 0 bridgehead atoms. The molecule has 2 rings (SSSR count). The van der Waals surface area contributed by atoms with E-state index in [0.29, 0.717) is 12.6 Å². The van der Waals surface area contributed by atoms with Gasteiger partial charge < -0.3 is 21.7 Å². The molecular weight excluding hydrogens is 352 g/mol. The quantitative estimate of drug-likeness (QED) is 0.555. The molecule has 3 amide bonds. The molecule has 0 radical (unpaired) electrons. The van der Waals surface area contributed by atoms with Crippen LogP contribution in [0, 0.1) is 5.41 Å². The summed E-state index contributed by atoms with van der Waals surface area (Å²) < 4.78 is 0. The molecule has 1 atom stereocenters. The Kier molecular flexibility index (Phi) is 8.37. The van der Waals surface area contributed by atoms with E-state index in [0.717, 1.165) is 36.9 Å². The Morgan fingerprint density at radius 3 is 2.23 bits per heavy atom. The van der Waals surface area contributed by atoms with Crippen LogP contribution in [0.2, 0.25) is 0 Å². The Morgan fingerprint density at radius 1 is 1.19 bits per heavy atom. The summed E-state index contributed by atoms with van der Waals surface area (Å²) in [6.07, 6.45) is 3.56. The van der Waals surface area contributed by atoms with Crippen LogP contribution in [-0.4, -0.2) is 24.5 Å². The lowest BCUT2D eigenvalue weighted by Crippen LogP contribution is -2.46. The molecule has 7 heteroatoms. The van der Waals surface area contributed by atoms with Crippen LogP contribution >= 0.6 is 12.4 Å². The zero-order valence-electron chi connectivity index (χ0n) is 15.8. The molecule has 0 aromatic heterocycles. The van der Waals surface area contributed by atoms with Crippen molar-refractivity contribution in [2.24, 2.45) is 11.1 Å². The number of benzene rings is 1. The van der Waals surface area contributed by atoms with E-state index in [-0.39, 0.29) is 30.4 Å². The van der Waals surface area contributed by atoms with Gasteiger partial charge in [0, 0.05) is 18.3 Å². The molecule has 1 fully saturated rings. The third-order valence-electron chi connectivity index (χ3n) is 5.15. The number of nitrogens with two attached hydrogens (primary N) is 1. The van der Waals surface area contributed by atoms with Crippen LogP contribution in [0.15, 0.2) is 24.3 Å². The summed E-state index contributed by atoms with van der Waals surface area (Å²) in [4.78, 5) is 24.4. The summed E-state index contributed by atoms with van der Waals surface area (Å²) in [5.74, 6) is -0.00138. The maximum absolute atomic E-state index is 12.6. The highest BCUT2D eigenvalue weighted by molar-refractivity contribution is 5.89. The molecule has 6 nitrogen and oxygen atoms in total. The highest BCUT2D eigenvalue weighted by Gasteiger charge is 2.34. The van der Waals surface area contributed by atoms with Crippen molar-refractivity contribution in [2.75, 3.05) is 11.9 Å². The molecule has 0 spiro atoms. The number of halogens is 1. The minimum Gasteiger partial charge on any atom is -0.349 e. The zero-order valence-corrected chi connectivity index (χ0v) is 16.6. The number of carbonyl (C=O) groups is 2. The first-order chi connectivity index (χ1) is 11.9. The number of rotatable bonds is 8. The van der Waals surface area contributed by atoms with Gasteiger partial charge in [0.2, 0.25) is 5.91 Å². The van der Waals surface area contributed by atoms with Crippen LogP contribution in [0.4, 0.5) is 10.5 Å². The average Bonchev–Trinajstić information content (AvgIpc) is 3.41. The molecule has 1 aromatic carbocycles. The lowest BCUT2D eigenvalue weighted by atomic mass is 9.81. The Bertz CT molecular complexity index is 590.